The van der Waals surface area contributed by atoms with Gasteiger partial charge in [0.1, 0.15) is 0 Å². The molecule has 4 aromatic heterocycles. The summed E-state index contributed by atoms with van der Waals surface area (Å²) in [5.41, 5.74) is 4.95. The number of hydrogen-bond donors (Lipinski definition) is 3. The Morgan fingerprint density at radius 2 is 2.19 bits per heavy atom. The van der Waals surface area contributed by atoms with Gasteiger partial charge in [-0.05, 0) is 23.9 Å². The van der Waals surface area contributed by atoms with Crippen LogP contribution in [0.3, 0.4) is 0 Å². The van der Waals surface area contributed by atoms with Gasteiger partial charge < -0.3 is 10.6 Å². The molecule has 26 heavy (non-hydrogen) atoms. The second-order valence-electron chi connectivity index (χ2n) is 6.53. The molecule has 0 aliphatic carbocycles. The van der Waals surface area contributed by atoms with Crippen molar-refractivity contribution in [2.75, 3.05) is 5.32 Å². The Labute approximate surface area is 155 Å². The van der Waals surface area contributed by atoms with E-state index < -0.39 is 0 Å². The summed E-state index contributed by atoms with van der Waals surface area (Å²) in [6, 6.07) is 2.62. The third kappa shape index (κ3) is 3.33. The van der Waals surface area contributed by atoms with Gasteiger partial charge in [0, 0.05) is 30.5 Å². The predicted octanol–water partition coefficient (Wildman–Crippen LogP) is 3.73. The van der Waals surface area contributed by atoms with E-state index in [2.05, 4.69) is 56.1 Å². The normalized spacial score (nSPS) is 11.5. The molecule has 0 aliphatic rings. The maximum atomic E-state index is 4.65. The van der Waals surface area contributed by atoms with Gasteiger partial charge >= 0.3 is 0 Å². The Morgan fingerprint density at radius 3 is 2.96 bits per heavy atom. The van der Waals surface area contributed by atoms with Gasteiger partial charge in [0.05, 0.1) is 28.8 Å². The Kier molecular flexibility index (Phi) is 4.44. The lowest BCUT2D eigenvalue weighted by atomic mass is 10.3. The smallest absolute Gasteiger partial charge is 0.180 e. The van der Waals surface area contributed by atoms with Crippen LogP contribution in [0.15, 0.2) is 36.2 Å². The van der Waals surface area contributed by atoms with Gasteiger partial charge in [-0.1, -0.05) is 13.8 Å². The second kappa shape index (κ2) is 6.89. The fourth-order valence-electron chi connectivity index (χ4n) is 2.77. The summed E-state index contributed by atoms with van der Waals surface area (Å²) in [5.74, 6) is 0.755. The maximum Gasteiger partial charge on any atom is 0.180 e. The zero-order valence-corrected chi connectivity index (χ0v) is 15.8. The zero-order chi connectivity index (χ0) is 18.1. The number of imidazole rings is 1. The Hall–Kier alpha value is -2.71. The number of nitrogens with one attached hydrogen (secondary N) is 3. The number of fused-ring (bicyclic) bond motifs is 1. The number of hydrogen-bond acceptors (Lipinski definition) is 6. The molecule has 0 saturated carbocycles. The van der Waals surface area contributed by atoms with Crippen LogP contribution in [0.1, 0.15) is 25.1 Å². The molecule has 4 heterocycles. The summed E-state index contributed by atoms with van der Waals surface area (Å²) in [4.78, 5) is 9.21. The first-order valence-electron chi connectivity index (χ1n) is 8.52. The minimum Gasteiger partial charge on any atom is -0.329 e. The summed E-state index contributed by atoms with van der Waals surface area (Å²) in [6.07, 6.45) is 7.49. The monoisotopic (exact) mass is 367 g/mol. The van der Waals surface area contributed by atoms with Gasteiger partial charge in [0.2, 0.25) is 0 Å². The molecule has 0 unspecified atom stereocenters. The highest BCUT2D eigenvalue weighted by atomic mass is 32.1. The number of aromatic amines is 1. The standard InChI is InChI=1S/C18H21N7S/c1-11(2)19-5-13-4-16(26-10-13)24-17-18-20-8-15(14-6-21-22-7-14)25(18)9-12(3)23-17/h4,6-11,19H,5H2,1-3H3,(H,21,22)(H,23,24). The molecular weight excluding hydrogens is 346 g/mol. The van der Waals surface area contributed by atoms with Crippen LogP contribution in [0.25, 0.3) is 16.9 Å². The van der Waals surface area contributed by atoms with Crippen LogP contribution in [0, 0.1) is 6.92 Å². The first kappa shape index (κ1) is 16.7. The van der Waals surface area contributed by atoms with E-state index in [4.69, 9.17) is 0 Å². The number of H-pyrrole nitrogens is 1. The average molecular weight is 367 g/mol. The lowest BCUT2D eigenvalue weighted by Crippen LogP contribution is -2.21. The molecule has 4 rings (SSSR count). The number of aromatic nitrogens is 5. The number of nitrogens with zero attached hydrogens (tertiary/aromatic N) is 4. The number of rotatable bonds is 6. The lowest BCUT2D eigenvalue weighted by molar-refractivity contribution is 0.590. The summed E-state index contributed by atoms with van der Waals surface area (Å²) in [6.45, 7) is 7.14. The molecule has 0 amide bonds. The van der Waals surface area contributed by atoms with Crippen molar-refractivity contribution in [1.82, 2.24) is 29.9 Å². The Bertz CT molecular complexity index is 1010. The minimum absolute atomic E-state index is 0.468. The molecule has 0 atom stereocenters. The SMILES string of the molecule is Cc1cn2c(-c3cn[nH]c3)cnc2c(Nc2cc(CNC(C)C)cs2)n1. The first-order valence-corrected chi connectivity index (χ1v) is 9.40. The summed E-state index contributed by atoms with van der Waals surface area (Å²) in [5, 5.41) is 17.0. The molecule has 0 spiro atoms. The van der Waals surface area contributed by atoms with Crippen LogP contribution in [0.2, 0.25) is 0 Å². The highest BCUT2D eigenvalue weighted by molar-refractivity contribution is 7.14. The van der Waals surface area contributed by atoms with Crippen LogP contribution in [-0.4, -0.2) is 30.6 Å². The second-order valence-corrected chi connectivity index (χ2v) is 7.45. The molecule has 0 aromatic carbocycles. The summed E-state index contributed by atoms with van der Waals surface area (Å²) in [7, 11) is 0. The van der Waals surface area contributed by atoms with E-state index in [-0.39, 0.29) is 0 Å². The highest BCUT2D eigenvalue weighted by Crippen LogP contribution is 2.28. The highest BCUT2D eigenvalue weighted by Gasteiger charge is 2.13. The van der Waals surface area contributed by atoms with Crippen molar-refractivity contribution < 1.29 is 0 Å². The molecule has 7 nitrogen and oxygen atoms in total. The van der Waals surface area contributed by atoms with Gasteiger partial charge in [-0.2, -0.15) is 5.10 Å². The molecule has 0 saturated heterocycles. The zero-order valence-electron chi connectivity index (χ0n) is 14.9. The summed E-state index contributed by atoms with van der Waals surface area (Å²) < 4.78 is 2.05. The van der Waals surface area contributed by atoms with Gasteiger partial charge in [-0.3, -0.25) is 9.50 Å². The molecule has 8 heteroatoms. The number of anilines is 2. The van der Waals surface area contributed by atoms with Crippen molar-refractivity contribution in [3.8, 4) is 11.3 Å². The molecule has 0 fully saturated rings. The van der Waals surface area contributed by atoms with E-state index in [1.165, 1.54) is 5.56 Å². The van der Waals surface area contributed by atoms with Crippen molar-refractivity contribution >= 4 is 27.8 Å². The van der Waals surface area contributed by atoms with Crippen LogP contribution in [-0.2, 0) is 6.54 Å². The maximum absolute atomic E-state index is 4.65. The van der Waals surface area contributed by atoms with E-state index in [1.807, 2.05) is 29.9 Å². The molecular formula is C18H21N7S. The lowest BCUT2D eigenvalue weighted by Gasteiger charge is -2.08. The quantitative estimate of drug-likeness (QED) is 0.484. The minimum atomic E-state index is 0.468. The van der Waals surface area contributed by atoms with E-state index in [9.17, 15) is 0 Å². The Balaban J connectivity index is 1.65. The van der Waals surface area contributed by atoms with Crippen molar-refractivity contribution in [1.29, 1.82) is 0 Å². The van der Waals surface area contributed by atoms with Crippen LogP contribution >= 0.6 is 11.3 Å². The van der Waals surface area contributed by atoms with E-state index in [0.29, 0.717) is 6.04 Å². The topological polar surface area (TPSA) is 82.9 Å². The predicted molar refractivity (Wildman–Crippen MR) is 105 cm³/mol. The third-order valence-electron chi connectivity index (χ3n) is 4.02. The van der Waals surface area contributed by atoms with E-state index in [0.717, 1.165) is 40.0 Å². The third-order valence-corrected chi connectivity index (χ3v) is 4.91. The Morgan fingerprint density at radius 1 is 1.31 bits per heavy atom. The van der Waals surface area contributed by atoms with Crippen LogP contribution in [0.4, 0.5) is 10.8 Å². The van der Waals surface area contributed by atoms with E-state index in [1.54, 1.807) is 17.5 Å². The fourth-order valence-corrected chi connectivity index (χ4v) is 3.57. The fraction of sp³-hybridized carbons (Fsp3) is 0.278. The number of aryl methyl sites for hydroxylation is 1. The molecule has 134 valence electrons. The molecule has 3 N–H and O–H groups in total. The molecule has 4 aromatic rings. The van der Waals surface area contributed by atoms with E-state index >= 15 is 0 Å². The van der Waals surface area contributed by atoms with Crippen LogP contribution < -0.4 is 10.6 Å². The molecule has 0 bridgehead atoms. The summed E-state index contributed by atoms with van der Waals surface area (Å²) >= 11 is 1.67. The molecule has 0 aliphatic heterocycles. The van der Waals surface area contributed by atoms with Gasteiger partial charge in [0.15, 0.2) is 11.5 Å². The van der Waals surface area contributed by atoms with Gasteiger partial charge in [0.25, 0.3) is 0 Å². The average Bonchev–Trinajstić information content (AvgIpc) is 3.32. The van der Waals surface area contributed by atoms with Crippen LogP contribution in [0.5, 0.6) is 0 Å². The number of thiophene rings is 1. The van der Waals surface area contributed by atoms with Gasteiger partial charge in [-0.25, -0.2) is 9.97 Å². The largest absolute Gasteiger partial charge is 0.329 e. The van der Waals surface area contributed by atoms with Crippen molar-refractivity contribution in [3.63, 3.8) is 0 Å². The van der Waals surface area contributed by atoms with Gasteiger partial charge in [-0.15, -0.1) is 11.3 Å². The van der Waals surface area contributed by atoms with Crippen molar-refractivity contribution in [3.05, 3.63) is 47.5 Å². The first-order chi connectivity index (χ1) is 12.6. The molecule has 0 radical (unpaired) electrons. The van der Waals surface area contributed by atoms with Crippen molar-refractivity contribution in [2.24, 2.45) is 0 Å². The van der Waals surface area contributed by atoms with Crippen molar-refractivity contribution in [2.45, 2.75) is 33.4 Å².